The average molecular weight is 525 g/mol. The molecule has 0 spiro atoms. The molecular formula is C27H45N2O6P. The lowest BCUT2D eigenvalue weighted by molar-refractivity contribution is -0.147. The number of benzene rings is 1. The molecule has 0 unspecified atom stereocenters. The predicted octanol–water partition coefficient (Wildman–Crippen LogP) is 5.18. The van der Waals surface area contributed by atoms with E-state index in [9.17, 15) is 14.4 Å². The number of carbonyl (C=O) groups excluding carboxylic acids is 3. The molecule has 2 amide bonds. The second kappa shape index (κ2) is 12.9. The Hall–Kier alpha value is -2.18. The van der Waals surface area contributed by atoms with Gasteiger partial charge in [0.1, 0.15) is 11.6 Å². The fourth-order valence-electron chi connectivity index (χ4n) is 3.81. The molecule has 0 saturated heterocycles. The summed E-state index contributed by atoms with van der Waals surface area (Å²) in [5.74, 6) is -1.16. The summed E-state index contributed by atoms with van der Waals surface area (Å²) in [4.78, 5) is 38.7. The number of esters is 1. The van der Waals surface area contributed by atoms with E-state index in [1.807, 2.05) is 30.3 Å². The Morgan fingerprint density at radius 3 is 1.86 bits per heavy atom. The van der Waals surface area contributed by atoms with E-state index in [2.05, 4.69) is 52.2 Å². The minimum absolute atomic E-state index is 0.152. The predicted molar refractivity (Wildman–Crippen MR) is 144 cm³/mol. The molecule has 0 aliphatic rings. The van der Waals surface area contributed by atoms with Gasteiger partial charge in [0, 0.05) is 24.9 Å². The van der Waals surface area contributed by atoms with Crippen molar-refractivity contribution in [2.45, 2.75) is 110 Å². The van der Waals surface area contributed by atoms with E-state index in [0.29, 0.717) is 0 Å². The number of ether oxygens (including phenoxy) is 2. The molecule has 1 aromatic carbocycles. The second-order valence-corrected chi connectivity index (χ2v) is 15.3. The Morgan fingerprint density at radius 1 is 0.889 bits per heavy atom. The summed E-state index contributed by atoms with van der Waals surface area (Å²) in [6, 6.07) is 7.26. The van der Waals surface area contributed by atoms with Gasteiger partial charge in [-0.15, -0.1) is 0 Å². The fraction of sp³-hybridized carbons (Fsp3) is 0.667. The summed E-state index contributed by atoms with van der Waals surface area (Å²) in [5, 5.41) is 5.11. The number of alkyl carbamates (subject to hydrolysis) is 1. The number of hydrogen-bond donors (Lipinski definition) is 2. The van der Waals surface area contributed by atoms with Gasteiger partial charge < -0.3 is 24.6 Å². The summed E-state index contributed by atoms with van der Waals surface area (Å²) in [5.41, 5.74) is 0.114. The van der Waals surface area contributed by atoms with Crippen LogP contribution in [0.5, 0.6) is 0 Å². The highest BCUT2D eigenvalue weighted by molar-refractivity contribution is 7.55. The molecule has 0 fully saturated rings. The van der Waals surface area contributed by atoms with Crippen molar-refractivity contribution < 1.29 is 28.4 Å². The molecule has 204 valence electrons. The van der Waals surface area contributed by atoms with E-state index in [0.717, 1.165) is 5.56 Å². The van der Waals surface area contributed by atoms with Crippen LogP contribution >= 0.6 is 8.15 Å². The molecule has 36 heavy (non-hydrogen) atoms. The first-order valence-electron chi connectivity index (χ1n) is 12.2. The zero-order chi connectivity index (χ0) is 27.9. The van der Waals surface area contributed by atoms with Crippen molar-refractivity contribution in [2.24, 2.45) is 0 Å². The van der Waals surface area contributed by atoms with E-state index in [1.54, 1.807) is 27.7 Å². The maximum Gasteiger partial charge on any atom is 0.408 e. The molecule has 0 bridgehead atoms. The first-order valence-corrected chi connectivity index (χ1v) is 13.5. The van der Waals surface area contributed by atoms with Gasteiger partial charge in [-0.25, -0.2) is 9.59 Å². The van der Waals surface area contributed by atoms with E-state index in [-0.39, 0.29) is 16.7 Å². The number of nitrogens with one attached hydrogen (secondary N) is 2. The van der Waals surface area contributed by atoms with E-state index in [4.69, 9.17) is 14.0 Å². The van der Waals surface area contributed by atoms with Crippen LogP contribution in [0.3, 0.4) is 0 Å². The third kappa shape index (κ3) is 10.8. The number of hydrogen-bond acceptors (Lipinski definition) is 6. The minimum atomic E-state index is -1.06. The first kappa shape index (κ1) is 31.8. The van der Waals surface area contributed by atoms with Crippen molar-refractivity contribution in [3.05, 3.63) is 35.9 Å². The highest BCUT2D eigenvalue weighted by atomic mass is 31.1. The molecule has 0 aliphatic carbocycles. The van der Waals surface area contributed by atoms with Crippen LogP contribution in [0.15, 0.2) is 30.3 Å². The van der Waals surface area contributed by atoms with Crippen molar-refractivity contribution in [1.29, 1.82) is 0 Å². The molecule has 2 N–H and O–H groups in total. The third-order valence-corrected chi connectivity index (χ3v) is 7.98. The minimum Gasteiger partial charge on any atom is -0.467 e. The molecule has 0 aliphatic heterocycles. The second-order valence-electron chi connectivity index (χ2n) is 11.8. The summed E-state index contributed by atoms with van der Waals surface area (Å²) >= 11 is 0. The van der Waals surface area contributed by atoms with Crippen LogP contribution in [0.25, 0.3) is 0 Å². The Morgan fingerprint density at radius 2 is 1.42 bits per heavy atom. The monoisotopic (exact) mass is 524 g/mol. The smallest absolute Gasteiger partial charge is 0.408 e. The number of carbonyl (C=O) groups is 3. The molecule has 0 radical (unpaired) electrons. The van der Waals surface area contributed by atoms with Gasteiger partial charge in [0.2, 0.25) is 5.91 Å². The Kier molecular flexibility index (Phi) is 11.4. The molecule has 0 aromatic heterocycles. The molecule has 9 heteroatoms. The molecule has 0 saturated carbocycles. The molecule has 1 rings (SSSR count). The highest BCUT2D eigenvalue weighted by Crippen LogP contribution is 2.60. The van der Waals surface area contributed by atoms with Gasteiger partial charge in [-0.1, -0.05) is 71.9 Å². The lowest BCUT2D eigenvalue weighted by Crippen LogP contribution is -2.56. The van der Waals surface area contributed by atoms with Crippen LogP contribution in [0.2, 0.25) is 0 Å². The number of rotatable bonds is 9. The van der Waals surface area contributed by atoms with Gasteiger partial charge in [-0.05, 0) is 33.3 Å². The number of methoxy groups -OCH3 is 1. The Balaban J connectivity index is 3.19. The first-order chi connectivity index (χ1) is 16.3. The highest BCUT2D eigenvalue weighted by Gasteiger charge is 2.41. The van der Waals surface area contributed by atoms with Crippen LogP contribution in [0.4, 0.5) is 4.79 Å². The van der Waals surface area contributed by atoms with Gasteiger partial charge in [-0.2, -0.15) is 0 Å². The summed E-state index contributed by atoms with van der Waals surface area (Å²) in [6.07, 6.45) is -1.17. The van der Waals surface area contributed by atoms with Gasteiger partial charge in [0.15, 0.2) is 6.04 Å². The van der Waals surface area contributed by atoms with Crippen molar-refractivity contribution in [1.82, 2.24) is 10.6 Å². The van der Waals surface area contributed by atoms with Crippen molar-refractivity contribution in [3.63, 3.8) is 0 Å². The molecule has 8 nitrogen and oxygen atoms in total. The standard InChI is InChI=1S/C27H45N2O6P/c1-18(35-36(26(5,6)7)27(8,9)10)21(23(31)33-11)29-22(30)20(17-19-15-13-12-14-16-19)28-24(32)34-25(2,3)4/h12-16,18,20-21H,17H2,1-11H3,(H,28,32)(H,29,30)/t18-,20+,21+/m1/s1. The summed E-state index contributed by atoms with van der Waals surface area (Å²) in [6.45, 7) is 19.6. The Labute approximate surface area is 218 Å². The quantitative estimate of drug-likeness (QED) is 0.341. The normalized spacial score (nSPS) is 15.0. The van der Waals surface area contributed by atoms with Crippen molar-refractivity contribution in [3.8, 4) is 0 Å². The van der Waals surface area contributed by atoms with E-state index in [1.165, 1.54) is 7.11 Å². The molecule has 3 atom stereocenters. The van der Waals surface area contributed by atoms with E-state index < -0.39 is 49.9 Å². The van der Waals surface area contributed by atoms with Crippen LogP contribution in [-0.4, -0.2) is 59.2 Å². The van der Waals surface area contributed by atoms with Gasteiger partial charge in [-0.3, -0.25) is 4.79 Å². The lowest BCUT2D eigenvalue weighted by Gasteiger charge is -2.42. The number of amides is 2. The topological polar surface area (TPSA) is 103 Å². The SMILES string of the molecule is COC(=O)[C@@H](NC(=O)[C@H](Cc1ccccc1)NC(=O)OC(C)(C)C)[C@@H](C)OP(C(C)(C)C)C(C)(C)C. The summed E-state index contributed by atoms with van der Waals surface area (Å²) in [7, 11) is 0.266. The van der Waals surface area contributed by atoms with Crippen LogP contribution in [0.1, 0.15) is 74.8 Å². The maximum absolute atomic E-state index is 13.4. The van der Waals surface area contributed by atoms with Crippen LogP contribution < -0.4 is 10.6 Å². The maximum atomic E-state index is 13.4. The Bertz CT molecular complexity index is 857. The molecule has 1 aromatic rings. The lowest BCUT2D eigenvalue weighted by atomic mass is 10.0. The van der Waals surface area contributed by atoms with Gasteiger partial charge >= 0.3 is 12.1 Å². The zero-order valence-corrected chi connectivity index (χ0v) is 24.6. The molecular weight excluding hydrogens is 479 g/mol. The van der Waals surface area contributed by atoms with Gasteiger partial charge in [0.05, 0.1) is 13.2 Å². The fourth-order valence-corrected chi connectivity index (χ4v) is 6.91. The largest absolute Gasteiger partial charge is 0.467 e. The van der Waals surface area contributed by atoms with Crippen LogP contribution in [0, 0.1) is 0 Å². The van der Waals surface area contributed by atoms with E-state index >= 15 is 0 Å². The summed E-state index contributed by atoms with van der Waals surface area (Å²) < 4.78 is 16.8. The zero-order valence-electron chi connectivity index (χ0n) is 23.7. The van der Waals surface area contributed by atoms with Crippen LogP contribution in [-0.2, 0) is 30.0 Å². The average Bonchev–Trinajstić information content (AvgIpc) is 2.72. The third-order valence-electron chi connectivity index (χ3n) is 5.00. The van der Waals surface area contributed by atoms with Crippen molar-refractivity contribution >= 4 is 26.1 Å². The molecule has 0 heterocycles. The van der Waals surface area contributed by atoms with Gasteiger partial charge in [0.25, 0.3) is 0 Å². The van der Waals surface area contributed by atoms with Crippen molar-refractivity contribution in [2.75, 3.05) is 7.11 Å².